The molecule has 0 atom stereocenters. The third-order valence-electron chi connectivity index (χ3n) is 2.42. The van der Waals surface area contributed by atoms with Crippen LogP contribution in [-0.2, 0) is 19.1 Å². The minimum atomic E-state index is -0.666. The van der Waals surface area contributed by atoms with Crippen molar-refractivity contribution in [1.29, 1.82) is 0 Å². The summed E-state index contributed by atoms with van der Waals surface area (Å²) in [7, 11) is 3.09. The molecular weight excluding hydrogens is 270 g/mol. The normalized spacial score (nSPS) is 14.1. The highest BCUT2D eigenvalue weighted by atomic mass is 32.2. The van der Waals surface area contributed by atoms with Gasteiger partial charge in [0.25, 0.3) is 0 Å². The SMILES string of the molecule is COCCN(CCOC)C(=O)C(=O)NC1=NCCS1. The Labute approximate surface area is 116 Å². The third kappa shape index (κ3) is 5.58. The van der Waals surface area contributed by atoms with Crippen LogP contribution in [0.5, 0.6) is 0 Å². The van der Waals surface area contributed by atoms with Crippen molar-refractivity contribution in [3.8, 4) is 0 Å². The van der Waals surface area contributed by atoms with Gasteiger partial charge in [-0.25, -0.2) is 0 Å². The van der Waals surface area contributed by atoms with Crippen molar-refractivity contribution >= 4 is 28.7 Å². The average molecular weight is 289 g/mol. The Morgan fingerprint density at radius 1 is 1.32 bits per heavy atom. The second-order valence-electron chi connectivity index (χ2n) is 3.77. The van der Waals surface area contributed by atoms with Gasteiger partial charge in [0.05, 0.1) is 19.8 Å². The first-order valence-corrected chi connectivity index (χ1v) is 6.93. The van der Waals surface area contributed by atoms with Gasteiger partial charge in [0.15, 0.2) is 5.17 Å². The molecule has 0 aliphatic carbocycles. The summed E-state index contributed by atoms with van der Waals surface area (Å²) < 4.78 is 9.84. The Morgan fingerprint density at radius 3 is 2.42 bits per heavy atom. The van der Waals surface area contributed by atoms with Crippen LogP contribution in [0.15, 0.2) is 4.99 Å². The van der Waals surface area contributed by atoms with Crippen molar-refractivity contribution in [3.05, 3.63) is 0 Å². The number of carbonyl (C=O) groups is 2. The lowest BCUT2D eigenvalue weighted by Gasteiger charge is -2.21. The summed E-state index contributed by atoms with van der Waals surface area (Å²) in [6.07, 6.45) is 0. The number of amides is 2. The highest BCUT2D eigenvalue weighted by Gasteiger charge is 2.23. The number of amidine groups is 1. The fourth-order valence-electron chi connectivity index (χ4n) is 1.42. The molecular formula is C11H19N3O4S. The molecule has 1 aliphatic rings. The molecule has 0 aromatic rings. The van der Waals surface area contributed by atoms with Crippen LogP contribution in [0.1, 0.15) is 0 Å². The van der Waals surface area contributed by atoms with E-state index in [2.05, 4.69) is 10.3 Å². The first-order chi connectivity index (χ1) is 9.19. The van der Waals surface area contributed by atoms with E-state index in [9.17, 15) is 9.59 Å². The fraction of sp³-hybridized carbons (Fsp3) is 0.727. The number of hydrogen-bond acceptors (Lipinski definition) is 6. The molecule has 0 aromatic carbocycles. The van der Waals surface area contributed by atoms with Gasteiger partial charge in [0.2, 0.25) is 0 Å². The number of ether oxygens (including phenoxy) is 2. The molecule has 0 aromatic heterocycles. The summed E-state index contributed by atoms with van der Waals surface area (Å²) in [6.45, 7) is 2.12. The van der Waals surface area contributed by atoms with E-state index in [0.717, 1.165) is 5.75 Å². The zero-order chi connectivity index (χ0) is 14.1. The van der Waals surface area contributed by atoms with E-state index in [1.807, 2.05) is 0 Å². The van der Waals surface area contributed by atoms with Gasteiger partial charge in [-0.3, -0.25) is 19.9 Å². The van der Waals surface area contributed by atoms with Crippen LogP contribution in [0.2, 0.25) is 0 Å². The zero-order valence-electron chi connectivity index (χ0n) is 11.2. The van der Waals surface area contributed by atoms with Crippen molar-refractivity contribution in [3.63, 3.8) is 0 Å². The number of nitrogens with one attached hydrogen (secondary N) is 1. The van der Waals surface area contributed by atoms with Gasteiger partial charge in [-0.05, 0) is 0 Å². The highest BCUT2D eigenvalue weighted by Crippen LogP contribution is 2.08. The first kappa shape index (κ1) is 15.9. The zero-order valence-corrected chi connectivity index (χ0v) is 12.0. The molecule has 108 valence electrons. The predicted molar refractivity (Wildman–Crippen MR) is 73.2 cm³/mol. The molecule has 0 saturated heterocycles. The van der Waals surface area contributed by atoms with Gasteiger partial charge >= 0.3 is 11.8 Å². The van der Waals surface area contributed by atoms with E-state index in [1.54, 1.807) is 14.2 Å². The van der Waals surface area contributed by atoms with Crippen LogP contribution < -0.4 is 5.32 Å². The first-order valence-electron chi connectivity index (χ1n) is 5.94. The molecule has 0 unspecified atom stereocenters. The second kappa shape index (κ2) is 8.89. The molecule has 0 fully saturated rings. The average Bonchev–Trinajstić information content (AvgIpc) is 2.91. The third-order valence-corrected chi connectivity index (χ3v) is 3.31. The van der Waals surface area contributed by atoms with Gasteiger partial charge in [0.1, 0.15) is 0 Å². The standard InChI is InChI=1S/C11H19N3O4S/c1-17-6-4-14(5-7-18-2)10(16)9(15)13-11-12-3-8-19-11/h3-8H2,1-2H3,(H,12,13,15). The number of carbonyl (C=O) groups excluding carboxylic acids is 2. The lowest BCUT2D eigenvalue weighted by Crippen LogP contribution is -2.46. The number of aliphatic imine (C=N–C) groups is 1. The molecule has 0 bridgehead atoms. The number of methoxy groups -OCH3 is 2. The molecule has 2 amide bonds. The molecule has 1 heterocycles. The lowest BCUT2D eigenvalue weighted by atomic mass is 10.4. The maximum atomic E-state index is 12.0. The van der Waals surface area contributed by atoms with Gasteiger partial charge in [-0.1, -0.05) is 11.8 Å². The summed E-state index contributed by atoms with van der Waals surface area (Å²) in [5, 5.41) is 3.02. The Hall–Kier alpha value is -1.12. The second-order valence-corrected chi connectivity index (χ2v) is 4.85. The van der Waals surface area contributed by atoms with E-state index in [1.165, 1.54) is 16.7 Å². The summed E-state index contributed by atoms with van der Waals surface area (Å²) in [5.74, 6) is -0.425. The minimum absolute atomic E-state index is 0.353. The summed E-state index contributed by atoms with van der Waals surface area (Å²) in [4.78, 5) is 29.2. The quantitative estimate of drug-likeness (QED) is 0.656. The molecule has 0 saturated carbocycles. The summed E-state index contributed by atoms with van der Waals surface area (Å²) >= 11 is 1.43. The van der Waals surface area contributed by atoms with Crippen molar-refractivity contribution in [2.75, 3.05) is 52.8 Å². The molecule has 1 N–H and O–H groups in total. The maximum Gasteiger partial charge on any atom is 0.315 e. The minimum Gasteiger partial charge on any atom is -0.383 e. The van der Waals surface area contributed by atoms with Gasteiger partial charge in [-0.15, -0.1) is 0 Å². The molecule has 0 spiro atoms. The van der Waals surface area contributed by atoms with Crippen LogP contribution in [0, 0.1) is 0 Å². The summed E-state index contributed by atoms with van der Waals surface area (Å²) in [5.41, 5.74) is 0. The predicted octanol–water partition coefficient (Wildman–Crippen LogP) is -0.673. The van der Waals surface area contributed by atoms with Gasteiger partial charge < -0.3 is 14.4 Å². The monoisotopic (exact) mass is 289 g/mol. The molecule has 7 nitrogen and oxygen atoms in total. The van der Waals surface area contributed by atoms with E-state index in [4.69, 9.17) is 9.47 Å². The highest BCUT2D eigenvalue weighted by molar-refractivity contribution is 8.14. The molecule has 0 radical (unpaired) electrons. The molecule has 1 rings (SSSR count). The van der Waals surface area contributed by atoms with Crippen molar-refractivity contribution in [2.45, 2.75) is 0 Å². The van der Waals surface area contributed by atoms with Crippen molar-refractivity contribution in [2.24, 2.45) is 4.99 Å². The largest absolute Gasteiger partial charge is 0.383 e. The van der Waals surface area contributed by atoms with Crippen molar-refractivity contribution < 1.29 is 19.1 Å². The molecule has 8 heteroatoms. The maximum absolute atomic E-state index is 12.0. The number of thioether (sulfide) groups is 1. The molecule has 19 heavy (non-hydrogen) atoms. The van der Waals surface area contributed by atoms with E-state index < -0.39 is 11.8 Å². The van der Waals surface area contributed by atoms with Crippen molar-refractivity contribution in [1.82, 2.24) is 10.2 Å². The van der Waals surface area contributed by atoms with Crippen LogP contribution >= 0.6 is 11.8 Å². The smallest absolute Gasteiger partial charge is 0.315 e. The van der Waals surface area contributed by atoms with Gasteiger partial charge in [-0.2, -0.15) is 0 Å². The Kier molecular flexibility index (Phi) is 7.46. The van der Waals surface area contributed by atoms with E-state index >= 15 is 0 Å². The Balaban J connectivity index is 2.50. The van der Waals surface area contributed by atoms with Crippen LogP contribution in [-0.4, -0.2) is 74.7 Å². The Bertz CT molecular complexity index is 341. The van der Waals surface area contributed by atoms with E-state index in [-0.39, 0.29) is 0 Å². The topological polar surface area (TPSA) is 80.2 Å². The van der Waals surface area contributed by atoms with Crippen LogP contribution in [0.4, 0.5) is 0 Å². The number of hydrogen-bond donors (Lipinski definition) is 1. The number of nitrogens with zero attached hydrogens (tertiary/aromatic N) is 2. The van der Waals surface area contributed by atoms with E-state index in [0.29, 0.717) is 38.0 Å². The lowest BCUT2D eigenvalue weighted by molar-refractivity contribution is -0.145. The molecule has 1 aliphatic heterocycles. The van der Waals surface area contributed by atoms with Crippen LogP contribution in [0.25, 0.3) is 0 Å². The number of rotatable bonds is 6. The Morgan fingerprint density at radius 2 is 1.95 bits per heavy atom. The summed E-state index contributed by atoms with van der Waals surface area (Å²) in [6, 6.07) is 0. The van der Waals surface area contributed by atoms with Crippen LogP contribution in [0.3, 0.4) is 0 Å². The van der Waals surface area contributed by atoms with Gasteiger partial charge in [0, 0.05) is 33.1 Å². The fourth-order valence-corrected chi connectivity index (χ4v) is 2.15.